The van der Waals surface area contributed by atoms with Crippen molar-refractivity contribution < 1.29 is 29.0 Å². The zero-order chi connectivity index (χ0) is 22.4. The smallest absolute Gasteiger partial charge is 0.337 e. The van der Waals surface area contributed by atoms with Crippen LogP contribution in [0.5, 0.6) is 5.75 Å². The molecule has 0 atom stereocenters. The molecule has 0 aromatic heterocycles. The van der Waals surface area contributed by atoms with Crippen molar-refractivity contribution in [2.24, 2.45) is 0 Å². The number of ether oxygens (including phenoxy) is 2. The summed E-state index contributed by atoms with van der Waals surface area (Å²) in [6.07, 6.45) is 0. The second kappa shape index (κ2) is 9.77. The molecule has 0 radical (unpaired) electrons. The van der Waals surface area contributed by atoms with Crippen LogP contribution in [0.1, 0.15) is 10.4 Å². The van der Waals surface area contributed by atoms with Gasteiger partial charge in [-0.05, 0) is 30.3 Å². The Morgan fingerprint density at radius 1 is 1.13 bits per heavy atom. The fourth-order valence-corrected chi connectivity index (χ4v) is 3.16. The number of benzene rings is 2. The third-order valence-corrected chi connectivity index (χ3v) is 4.71. The van der Waals surface area contributed by atoms with Crippen molar-refractivity contribution >= 4 is 29.2 Å². The highest BCUT2D eigenvalue weighted by atomic mass is 16.5. The Balaban J connectivity index is 1.91. The largest absolute Gasteiger partial charge is 0.495 e. The number of amides is 2. The highest BCUT2D eigenvalue weighted by Crippen LogP contribution is 2.30. The fraction of sp³-hybridized carbons (Fsp3) is 0.227. The molecule has 0 spiro atoms. The van der Waals surface area contributed by atoms with Crippen molar-refractivity contribution in [2.45, 2.75) is 0 Å². The molecule has 0 saturated carbocycles. The minimum atomic E-state index is -0.659. The Morgan fingerprint density at radius 3 is 2.52 bits per heavy atom. The van der Waals surface area contributed by atoms with E-state index in [9.17, 15) is 19.5 Å². The lowest BCUT2D eigenvalue weighted by molar-refractivity contribution is -0.136. The first-order valence-corrected chi connectivity index (χ1v) is 9.51. The molecule has 1 aliphatic rings. The van der Waals surface area contributed by atoms with Gasteiger partial charge in [-0.1, -0.05) is 18.2 Å². The number of aliphatic hydroxyl groups excluding tert-OH is 1. The molecule has 9 heteroatoms. The molecular weight excluding hydrogens is 402 g/mol. The number of aliphatic hydroxyl groups is 1. The van der Waals surface area contributed by atoms with Gasteiger partial charge in [-0.15, -0.1) is 0 Å². The summed E-state index contributed by atoms with van der Waals surface area (Å²) in [5.41, 5.74) is 1.43. The number of hydrogen-bond acceptors (Lipinski definition) is 7. The van der Waals surface area contributed by atoms with E-state index in [-0.39, 0.29) is 36.9 Å². The van der Waals surface area contributed by atoms with Crippen molar-refractivity contribution in [1.29, 1.82) is 0 Å². The lowest BCUT2D eigenvalue weighted by Crippen LogP contribution is -2.31. The van der Waals surface area contributed by atoms with Crippen molar-refractivity contribution in [3.8, 4) is 5.75 Å². The van der Waals surface area contributed by atoms with Gasteiger partial charge in [0.25, 0.3) is 11.8 Å². The zero-order valence-electron chi connectivity index (χ0n) is 17.2. The van der Waals surface area contributed by atoms with E-state index in [2.05, 4.69) is 10.6 Å². The summed E-state index contributed by atoms with van der Waals surface area (Å²) in [6.45, 7) is -0.169. The first-order valence-electron chi connectivity index (χ1n) is 9.51. The molecule has 162 valence electrons. The molecule has 0 aliphatic carbocycles. The maximum Gasteiger partial charge on any atom is 0.337 e. The van der Waals surface area contributed by atoms with Gasteiger partial charge in [0.2, 0.25) is 0 Å². The second-order valence-electron chi connectivity index (χ2n) is 6.66. The first kappa shape index (κ1) is 21.8. The number of β-amino-alcohol motifs (C(OH)–C–C–N with tert-alkyl or cyclic N) is 1. The lowest BCUT2D eigenvalue weighted by atomic mass is 10.1. The Hall–Kier alpha value is -3.85. The highest BCUT2D eigenvalue weighted by molar-refractivity contribution is 6.09. The lowest BCUT2D eigenvalue weighted by Gasteiger charge is -2.16. The number of carbonyl (C=O) groups excluding carboxylic acids is 3. The van der Waals surface area contributed by atoms with Gasteiger partial charge in [-0.2, -0.15) is 0 Å². The first-order chi connectivity index (χ1) is 15.0. The number of anilines is 2. The quantitative estimate of drug-likeness (QED) is 0.550. The van der Waals surface area contributed by atoms with Gasteiger partial charge in [-0.3, -0.25) is 9.59 Å². The van der Waals surface area contributed by atoms with Gasteiger partial charge >= 0.3 is 5.97 Å². The minimum Gasteiger partial charge on any atom is -0.495 e. The molecule has 0 fully saturated rings. The van der Waals surface area contributed by atoms with Gasteiger partial charge in [0.15, 0.2) is 0 Å². The average molecular weight is 425 g/mol. The zero-order valence-corrected chi connectivity index (χ0v) is 17.2. The number of rotatable bonds is 8. The number of esters is 1. The van der Waals surface area contributed by atoms with E-state index in [0.29, 0.717) is 22.7 Å². The van der Waals surface area contributed by atoms with Crippen molar-refractivity contribution in [3.63, 3.8) is 0 Å². The van der Waals surface area contributed by atoms with E-state index < -0.39 is 11.9 Å². The van der Waals surface area contributed by atoms with E-state index >= 15 is 0 Å². The number of para-hydroxylation sites is 1. The monoisotopic (exact) mass is 425 g/mol. The Labute approximate surface area is 179 Å². The van der Waals surface area contributed by atoms with Gasteiger partial charge in [0.05, 0.1) is 38.6 Å². The molecule has 2 amide bonds. The van der Waals surface area contributed by atoms with E-state index in [0.717, 1.165) is 0 Å². The summed E-state index contributed by atoms with van der Waals surface area (Å²) in [4.78, 5) is 38.9. The van der Waals surface area contributed by atoms with Gasteiger partial charge in [-0.25, -0.2) is 4.79 Å². The number of nitrogens with one attached hydrogen (secondary N) is 2. The minimum absolute atomic E-state index is 0.00486. The molecule has 1 heterocycles. The van der Waals surface area contributed by atoms with E-state index in [1.165, 1.54) is 25.2 Å². The molecule has 31 heavy (non-hydrogen) atoms. The normalized spacial score (nSPS) is 13.3. The molecule has 2 aromatic carbocycles. The summed E-state index contributed by atoms with van der Waals surface area (Å²) in [5.74, 6) is -1.09. The number of methoxy groups -OCH3 is 2. The SMILES string of the molecule is COC(=O)C1=C(Nc2cc(C(=O)Nc3ccccc3)ccc2OC)C(=O)N(CCO)C1. The molecule has 0 unspecified atom stereocenters. The summed E-state index contributed by atoms with van der Waals surface area (Å²) in [7, 11) is 2.68. The van der Waals surface area contributed by atoms with Crippen LogP contribution in [0, 0.1) is 0 Å². The van der Waals surface area contributed by atoms with Gasteiger partial charge in [0.1, 0.15) is 11.4 Å². The summed E-state index contributed by atoms with van der Waals surface area (Å²) in [5, 5.41) is 14.9. The molecule has 3 N–H and O–H groups in total. The molecule has 3 rings (SSSR count). The van der Waals surface area contributed by atoms with E-state index in [1.807, 2.05) is 6.07 Å². The second-order valence-corrected chi connectivity index (χ2v) is 6.66. The fourth-order valence-electron chi connectivity index (χ4n) is 3.16. The van der Waals surface area contributed by atoms with E-state index in [4.69, 9.17) is 9.47 Å². The molecule has 2 aromatic rings. The van der Waals surface area contributed by atoms with Crippen LogP contribution in [-0.4, -0.2) is 61.7 Å². The number of nitrogens with zero attached hydrogens (tertiary/aromatic N) is 1. The maximum atomic E-state index is 12.8. The van der Waals surface area contributed by atoms with E-state index in [1.54, 1.807) is 36.4 Å². The van der Waals surface area contributed by atoms with Crippen LogP contribution < -0.4 is 15.4 Å². The molecule has 9 nitrogen and oxygen atoms in total. The summed E-state index contributed by atoms with van der Waals surface area (Å²) >= 11 is 0. The maximum absolute atomic E-state index is 12.8. The Bertz CT molecular complexity index is 1020. The van der Waals surface area contributed by atoms with Crippen LogP contribution in [0.4, 0.5) is 11.4 Å². The molecule has 0 bridgehead atoms. The third kappa shape index (κ3) is 4.84. The van der Waals surface area contributed by atoms with Crippen LogP contribution in [0.15, 0.2) is 59.8 Å². The summed E-state index contributed by atoms with van der Waals surface area (Å²) < 4.78 is 10.1. The van der Waals surface area contributed by atoms with Crippen LogP contribution in [0.25, 0.3) is 0 Å². The van der Waals surface area contributed by atoms with Gasteiger partial charge < -0.3 is 30.1 Å². The molecule has 0 saturated heterocycles. The van der Waals surface area contributed by atoms with Crippen LogP contribution in [-0.2, 0) is 14.3 Å². The van der Waals surface area contributed by atoms with Crippen molar-refractivity contribution in [1.82, 2.24) is 4.90 Å². The predicted molar refractivity (Wildman–Crippen MR) is 114 cm³/mol. The molecule has 1 aliphatic heterocycles. The standard InChI is InChI=1S/C22H23N3O6/c1-30-18-9-8-14(20(27)23-15-6-4-3-5-7-15)12-17(18)24-19-16(22(29)31-2)13-25(10-11-26)21(19)28/h3-9,12,24,26H,10-11,13H2,1-2H3,(H,23,27). The van der Waals surface area contributed by atoms with Crippen molar-refractivity contribution in [2.75, 3.05) is 44.5 Å². The van der Waals surface area contributed by atoms with Crippen LogP contribution in [0.2, 0.25) is 0 Å². The molecular formula is C22H23N3O6. The highest BCUT2D eigenvalue weighted by Gasteiger charge is 2.34. The van der Waals surface area contributed by atoms with Crippen LogP contribution in [0.3, 0.4) is 0 Å². The Kier molecular flexibility index (Phi) is 6.88. The van der Waals surface area contributed by atoms with Crippen LogP contribution >= 0.6 is 0 Å². The van der Waals surface area contributed by atoms with Gasteiger partial charge in [0, 0.05) is 17.8 Å². The number of carbonyl (C=O) groups is 3. The predicted octanol–water partition coefficient (Wildman–Crippen LogP) is 1.62. The third-order valence-electron chi connectivity index (χ3n) is 4.71. The number of hydrogen-bond donors (Lipinski definition) is 3. The average Bonchev–Trinajstić information content (AvgIpc) is 3.09. The van der Waals surface area contributed by atoms with Crippen molar-refractivity contribution in [3.05, 3.63) is 65.4 Å². The topological polar surface area (TPSA) is 117 Å². The Morgan fingerprint density at radius 2 is 1.87 bits per heavy atom. The summed E-state index contributed by atoms with van der Waals surface area (Å²) in [6, 6.07) is 13.7.